The first-order valence-corrected chi connectivity index (χ1v) is 6.41. The maximum absolute atomic E-state index is 12.1. The number of benzene rings is 1. The highest BCUT2D eigenvalue weighted by Crippen LogP contribution is 2.18. The minimum Gasteiger partial charge on any atom is -0.494 e. The molecule has 0 atom stereocenters. The number of amides is 1. The van der Waals surface area contributed by atoms with Gasteiger partial charge in [-0.05, 0) is 31.2 Å². The van der Waals surface area contributed by atoms with Crippen LogP contribution in [0.25, 0.3) is 0 Å². The van der Waals surface area contributed by atoms with E-state index in [2.05, 4.69) is 15.6 Å². The molecule has 0 saturated heterocycles. The summed E-state index contributed by atoms with van der Waals surface area (Å²) in [5, 5.41) is 5.72. The monoisotopic (exact) mass is 271 g/mol. The second-order valence-electron chi connectivity index (χ2n) is 4.10. The summed E-state index contributed by atoms with van der Waals surface area (Å²) in [4.78, 5) is 16.2. The van der Waals surface area contributed by atoms with Crippen LogP contribution in [-0.2, 0) is 0 Å². The van der Waals surface area contributed by atoms with Gasteiger partial charge >= 0.3 is 0 Å². The predicted molar refractivity (Wildman–Crippen MR) is 79.3 cm³/mol. The van der Waals surface area contributed by atoms with Crippen molar-refractivity contribution in [2.45, 2.75) is 6.92 Å². The molecule has 0 aliphatic rings. The fourth-order valence-corrected chi connectivity index (χ4v) is 1.71. The Balaban J connectivity index is 2.08. The SMILES string of the molecule is CCOc1cccc(NC(=O)c2ccc(NC)nc2)c1. The topological polar surface area (TPSA) is 63.2 Å². The van der Waals surface area contributed by atoms with Crippen LogP contribution < -0.4 is 15.4 Å². The Labute approximate surface area is 118 Å². The van der Waals surface area contributed by atoms with Crippen molar-refractivity contribution >= 4 is 17.4 Å². The average Bonchev–Trinajstić information content (AvgIpc) is 2.48. The van der Waals surface area contributed by atoms with E-state index in [1.165, 1.54) is 6.20 Å². The molecule has 0 fully saturated rings. The Bertz CT molecular complexity index is 582. The Kier molecular flexibility index (Phi) is 4.55. The largest absolute Gasteiger partial charge is 0.494 e. The maximum atomic E-state index is 12.1. The van der Waals surface area contributed by atoms with Crippen LogP contribution in [0.1, 0.15) is 17.3 Å². The van der Waals surface area contributed by atoms with Crippen LogP contribution in [0.5, 0.6) is 5.75 Å². The Morgan fingerprint density at radius 2 is 2.15 bits per heavy atom. The van der Waals surface area contributed by atoms with Gasteiger partial charge in [-0.2, -0.15) is 0 Å². The van der Waals surface area contributed by atoms with E-state index in [0.717, 1.165) is 11.6 Å². The van der Waals surface area contributed by atoms with Gasteiger partial charge in [0.15, 0.2) is 0 Å². The molecule has 20 heavy (non-hydrogen) atoms. The summed E-state index contributed by atoms with van der Waals surface area (Å²) in [6.45, 7) is 2.51. The van der Waals surface area contributed by atoms with Gasteiger partial charge in [-0.25, -0.2) is 4.98 Å². The Morgan fingerprint density at radius 3 is 2.80 bits per heavy atom. The van der Waals surface area contributed by atoms with E-state index in [4.69, 9.17) is 4.74 Å². The molecule has 2 rings (SSSR count). The van der Waals surface area contributed by atoms with E-state index in [1.807, 2.05) is 25.1 Å². The number of hydrogen-bond donors (Lipinski definition) is 2. The summed E-state index contributed by atoms with van der Waals surface area (Å²) in [6.07, 6.45) is 1.54. The van der Waals surface area contributed by atoms with Crippen LogP contribution in [0.2, 0.25) is 0 Å². The van der Waals surface area contributed by atoms with Gasteiger partial charge in [-0.1, -0.05) is 6.07 Å². The van der Waals surface area contributed by atoms with Crippen LogP contribution in [0.4, 0.5) is 11.5 Å². The van der Waals surface area contributed by atoms with E-state index in [0.29, 0.717) is 17.9 Å². The molecule has 5 nitrogen and oxygen atoms in total. The number of hydrogen-bond acceptors (Lipinski definition) is 4. The highest BCUT2D eigenvalue weighted by Gasteiger charge is 2.07. The predicted octanol–water partition coefficient (Wildman–Crippen LogP) is 2.77. The summed E-state index contributed by atoms with van der Waals surface area (Å²) in [6, 6.07) is 10.8. The van der Waals surface area contributed by atoms with Gasteiger partial charge in [0, 0.05) is 25.0 Å². The molecule has 5 heteroatoms. The molecular weight excluding hydrogens is 254 g/mol. The molecule has 0 spiro atoms. The summed E-state index contributed by atoms with van der Waals surface area (Å²) in [5.41, 5.74) is 1.20. The standard InChI is InChI=1S/C15H17N3O2/c1-3-20-13-6-4-5-12(9-13)18-15(19)11-7-8-14(16-2)17-10-11/h4-10H,3H2,1-2H3,(H,16,17)(H,18,19). The molecule has 1 aromatic heterocycles. The smallest absolute Gasteiger partial charge is 0.257 e. The van der Waals surface area contributed by atoms with Gasteiger partial charge in [-0.3, -0.25) is 4.79 Å². The van der Waals surface area contributed by atoms with Crippen molar-refractivity contribution in [3.05, 3.63) is 48.2 Å². The van der Waals surface area contributed by atoms with Crippen molar-refractivity contribution in [2.75, 3.05) is 24.3 Å². The zero-order valence-electron chi connectivity index (χ0n) is 11.5. The minimum atomic E-state index is -0.200. The molecule has 0 aliphatic carbocycles. The molecule has 0 saturated carbocycles. The van der Waals surface area contributed by atoms with Crippen LogP contribution in [0, 0.1) is 0 Å². The number of ether oxygens (including phenoxy) is 1. The Hall–Kier alpha value is -2.56. The number of nitrogens with zero attached hydrogens (tertiary/aromatic N) is 1. The van der Waals surface area contributed by atoms with Gasteiger partial charge in [0.2, 0.25) is 0 Å². The van der Waals surface area contributed by atoms with Crippen molar-refractivity contribution in [3.8, 4) is 5.75 Å². The molecule has 2 aromatic rings. The molecule has 0 aliphatic heterocycles. The molecule has 1 amide bonds. The minimum absolute atomic E-state index is 0.200. The van der Waals surface area contributed by atoms with E-state index < -0.39 is 0 Å². The van der Waals surface area contributed by atoms with Gasteiger partial charge < -0.3 is 15.4 Å². The quantitative estimate of drug-likeness (QED) is 0.877. The first-order valence-electron chi connectivity index (χ1n) is 6.41. The van der Waals surface area contributed by atoms with E-state index in [-0.39, 0.29) is 5.91 Å². The van der Waals surface area contributed by atoms with E-state index in [9.17, 15) is 4.79 Å². The second-order valence-corrected chi connectivity index (χ2v) is 4.10. The third-order valence-corrected chi connectivity index (χ3v) is 2.68. The molecule has 0 unspecified atom stereocenters. The highest BCUT2D eigenvalue weighted by molar-refractivity contribution is 6.04. The summed E-state index contributed by atoms with van der Waals surface area (Å²) in [5.74, 6) is 1.25. The first kappa shape index (κ1) is 13.9. The number of aromatic nitrogens is 1. The lowest BCUT2D eigenvalue weighted by Gasteiger charge is -2.08. The van der Waals surface area contributed by atoms with Gasteiger partial charge in [0.1, 0.15) is 11.6 Å². The maximum Gasteiger partial charge on any atom is 0.257 e. The van der Waals surface area contributed by atoms with Crippen LogP contribution >= 0.6 is 0 Å². The molecule has 1 heterocycles. The first-order chi connectivity index (χ1) is 9.72. The molecule has 0 bridgehead atoms. The zero-order valence-corrected chi connectivity index (χ0v) is 11.5. The van der Waals surface area contributed by atoms with Crippen molar-refractivity contribution < 1.29 is 9.53 Å². The van der Waals surface area contributed by atoms with Crippen molar-refractivity contribution in [3.63, 3.8) is 0 Å². The molecule has 0 radical (unpaired) electrons. The summed E-state index contributed by atoms with van der Waals surface area (Å²) < 4.78 is 5.39. The summed E-state index contributed by atoms with van der Waals surface area (Å²) in [7, 11) is 1.78. The lowest BCUT2D eigenvalue weighted by Crippen LogP contribution is -2.12. The van der Waals surface area contributed by atoms with Crippen molar-refractivity contribution in [1.82, 2.24) is 4.98 Å². The van der Waals surface area contributed by atoms with Gasteiger partial charge in [-0.15, -0.1) is 0 Å². The number of anilines is 2. The number of nitrogens with one attached hydrogen (secondary N) is 2. The highest BCUT2D eigenvalue weighted by atomic mass is 16.5. The molecular formula is C15H17N3O2. The molecule has 1 aromatic carbocycles. The lowest BCUT2D eigenvalue weighted by molar-refractivity contribution is 0.102. The third-order valence-electron chi connectivity index (χ3n) is 2.68. The fourth-order valence-electron chi connectivity index (χ4n) is 1.71. The zero-order chi connectivity index (χ0) is 14.4. The third kappa shape index (κ3) is 3.47. The number of carbonyl (C=O) groups is 1. The van der Waals surface area contributed by atoms with Gasteiger partial charge in [0.25, 0.3) is 5.91 Å². The van der Waals surface area contributed by atoms with Crippen LogP contribution in [-0.4, -0.2) is 24.5 Å². The Morgan fingerprint density at radius 1 is 1.30 bits per heavy atom. The normalized spacial score (nSPS) is 9.90. The van der Waals surface area contributed by atoms with E-state index >= 15 is 0 Å². The van der Waals surface area contributed by atoms with Crippen LogP contribution in [0.3, 0.4) is 0 Å². The lowest BCUT2D eigenvalue weighted by atomic mass is 10.2. The number of rotatable bonds is 5. The second kappa shape index (κ2) is 6.56. The van der Waals surface area contributed by atoms with Gasteiger partial charge in [0.05, 0.1) is 12.2 Å². The van der Waals surface area contributed by atoms with Crippen LogP contribution in [0.15, 0.2) is 42.6 Å². The number of carbonyl (C=O) groups excluding carboxylic acids is 1. The average molecular weight is 271 g/mol. The van der Waals surface area contributed by atoms with Crippen molar-refractivity contribution in [1.29, 1.82) is 0 Å². The molecule has 2 N–H and O–H groups in total. The summed E-state index contributed by atoms with van der Waals surface area (Å²) >= 11 is 0. The fraction of sp³-hybridized carbons (Fsp3) is 0.200. The molecule has 104 valence electrons. The van der Waals surface area contributed by atoms with E-state index in [1.54, 1.807) is 25.2 Å². The van der Waals surface area contributed by atoms with Crippen molar-refractivity contribution in [2.24, 2.45) is 0 Å². The number of pyridine rings is 1.